The number of hydrogen-bond acceptors (Lipinski definition) is 6. The smallest absolute Gasteiger partial charge is 0.338 e. The van der Waals surface area contributed by atoms with Crippen LogP contribution in [0.1, 0.15) is 15.9 Å². The molecule has 0 aliphatic carbocycles. The third kappa shape index (κ3) is 5.26. The molecule has 0 fully saturated rings. The maximum Gasteiger partial charge on any atom is 0.338 e. The third-order valence-electron chi connectivity index (χ3n) is 4.49. The zero-order valence-corrected chi connectivity index (χ0v) is 17.5. The van der Waals surface area contributed by atoms with E-state index in [-0.39, 0.29) is 29.3 Å². The SMILES string of the molecule is Cc1ccc(S(=O)(=O)N(CCOC(=O)c2ccc([N+](=O)[O-])cc2)c2ccccc2)cc1. The molecular weight excluding hydrogens is 420 g/mol. The monoisotopic (exact) mass is 440 g/mol. The Kier molecular flexibility index (Phi) is 6.66. The van der Waals surface area contributed by atoms with Crippen LogP contribution in [0.4, 0.5) is 11.4 Å². The third-order valence-corrected chi connectivity index (χ3v) is 6.34. The Balaban J connectivity index is 1.76. The maximum atomic E-state index is 13.2. The fourth-order valence-corrected chi connectivity index (χ4v) is 4.29. The quantitative estimate of drug-likeness (QED) is 0.298. The second-order valence-electron chi connectivity index (χ2n) is 6.67. The zero-order valence-electron chi connectivity index (χ0n) is 16.7. The summed E-state index contributed by atoms with van der Waals surface area (Å²) in [5, 5.41) is 10.7. The molecule has 0 aliphatic heterocycles. The number of para-hydroxylation sites is 1. The van der Waals surface area contributed by atoms with E-state index in [0.29, 0.717) is 5.69 Å². The van der Waals surface area contributed by atoms with E-state index in [1.54, 1.807) is 42.5 Å². The number of sulfonamides is 1. The maximum absolute atomic E-state index is 13.2. The second-order valence-corrected chi connectivity index (χ2v) is 8.53. The van der Waals surface area contributed by atoms with Gasteiger partial charge in [0.25, 0.3) is 15.7 Å². The van der Waals surface area contributed by atoms with Crippen LogP contribution < -0.4 is 4.31 Å². The Labute approximate surface area is 179 Å². The van der Waals surface area contributed by atoms with Gasteiger partial charge < -0.3 is 4.74 Å². The summed E-state index contributed by atoms with van der Waals surface area (Å²) in [6.45, 7) is 1.57. The average molecular weight is 440 g/mol. The van der Waals surface area contributed by atoms with E-state index < -0.39 is 20.9 Å². The van der Waals surface area contributed by atoms with Gasteiger partial charge in [-0.2, -0.15) is 0 Å². The van der Waals surface area contributed by atoms with Crippen LogP contribution in [0.2, 0.25) is 0 Å². The second kappa shape index (κ2) is 9.40. The van der Waals surface area contributed by atoms with Gasteiger partial charge in [-0.1, -0.05) is 35.9 Å². The number of anilines is 1. The van der Waals surface area contributed by atoms with Crippen LogP contribution >= 0.6 is 0 Å². The molecule has 0 atom stereocenters. The van der Waals surface area contributed by atoms with Crippen molar-refractivity contribution in [1.82, 2.24) is 0 Å². The van der Waals surface area contributed by atoms with Crippen molar-refractivity contribution >= 4 is 27.4 Å². The van der Waals surface area contributed by atoms with Crippen LogP contribution in [0, 0.1) is 17.0 Å². The number of aryl methyl sites for hydroxylation is 1. The predicted molar refractivity (Wildman–Crippen MR) is 116 cm³/mol. The van der Waals surface area contributed by atoms with Crippen molar-refractivity contribution in [3.8, 4) is 0 Å². The first kappa shape index (κ1) is 22.0. The van der Waals surface area contributed by atoms with Gasteiger partial charge in [-0.05, 0) is 43.3 Å². The molecule has 3 rings (SSSR count). The summed E-state index contributed by atoms with van der Waals surface area (Å²) in [6, 6.07) is 20.0. The largest absolute Gasteiger partial charge is 0.460 e. The molecule has 3 aromatic rings. The Morgan fingerprint density at radius 3 is 2.16 bits per heavy atom. The van der Waals surface area contributed by atoms with Crippen molar-refractivity contribution in [1.29, 1.82) is 0 Å². The molecule has 0 bridgehead atoms. The van der Waals surface area contributed by atoms with E-state index in [2.05, 4.69) is 0 Å². The number of carbonyl (C=O) groups excluding carboxylic acids is 1. The lowest BCUT2D eigenvalue weighted by atomic mass is 10.2. The van der Waals surface area contributed by atoms with Crippen molar-refractivity contribution < 1.29 is 22.9 Å². The van der Waals surface area contributed by atoms with Crippen molar-refractivity contribution in [2.45, 2.75) is 11.8 Å². The van der Waals surface area contributed by atoms with Crippen LogP contribution in [-0.4, -0.2) is 32.5 Å². The van der Waals surface area contributed by atoms with Crippen molar-refractivity contribution in [3.05, 3.63) is 100 Å². The topological polar surface area (TPSA) is 107 Å². The number of nitro groups is 1. The molecule has 0 aliphatic rings. The van der Waals surface area contributed by atoms with Gasteiger partial charge in [0, 0.05) is 12.1 Å². The van der Waals surface area contributed by atoms with Crippen LogP contribution in [0.25, 0.3) is 0 Å². The van der Waals surface area contributed by atoms with Gasteiger partial charge in [0.1, 0.15) is 6.61 Å². The summed E-state index contributed by atoms with van der Waals surface area (Å²) in [5.41, 5.74) is 1.37. The normalized spacial score (nSPS) is 11.0. The van der Waals surface area contributed by atoms with Gasteiger partial charge in [-0.25, -0.2) is 13.2 Å². The molecule has 0 amide bonds. The highest BCUT2D eigenvalue weighted by Crippen LogP contribution is 2.23. The first-order valence-corrected chi connectivity index (χ1v) is 10.8. The molecule has 0 N–H and O–H groups in total. The first-order chi connectivity index (χ1) is 14.8. The summed E-state index contributed by atoms with van der Waals surface area (Å²) in [4.78, 5) is 22.5. The summed E-state index contributed by atoms with van der Waals surface area (Å²) >= 11 is 0. The molecule has 8 nitrogen and oxygen atoms in total. The molecule has 160 valence electrons. The predicted octanol–water partition coefficient (Wildman–Crippen LogP) is 3.96. The van der Waals surface area contributed by atoms with Crippen LogP contribution in [0.5, 0.6) is 0 Å². The van der Waals surface area contributed by atoms with Gasteiger partial charge in [-0.15, -0.1) is 0 Å². The molecule has 0 saturated carbocycles. The number of esters is 1. The van der Waals surface area contributed by atoms with Crippen LogP contribution in [0.3, 0.4) is 0 Å². The van der Waals surface area contributed by atoms with Crippen molar-refractivity contribution in [3.63, 3.8) is 0 Å². The fourth-order valence-electron chi connectivity index (χ4n) is 2.84. The van der Waals surface area contributed by atoms with E-state index in [1.807, 2.05) is 6.92 Å². The summed E-state index contributed by atoms with van der Waals surface area (Å²) < 4.78 is 32.8. The molecule has 9 heteroatoms. The number of benzene rings is 3. The number of carbonyl (C=O) groups is 1. The van der Waals surface area contributed by atoms with Gasteiger partial charge in [-0.3, -0.25) is 14.4 Å². The number of ether oxygens (including phenoxy) is 1. The average Bonchev–Trinajstić information content (AvgIpc) is 2.77. The molecular formula is C22H20N2O6S. The van der Waals surface area contributed by atoms with Crippen molar-refractivity contribution in [2.24, 2.45) is 0 Å². The minimum absolute atomic E-state index is 0.0983. The van der Waals surface area contributed by atoms with E-state index in [4.69, 9.17) is 4.74 Å². The van der Waals surface area contributed by atoms with Crippen LogP contribution in [-0.2, 0) is 14.8 Å². The number of nitro benzene ring substituents is 1. The standard InChI is InChI=1S/C22H20N2O6S/c1-17-7-13-21(14-8-17)31(28,29)23(19-5-3-2-4-6-19)15-16-30-22(25)18-9-11-20(12-10-18)24(26)27/h2-14H,15-16H2,1H3. The highest BCUT2D eigenvalue weighted by molar-refractivity contribution is 7.92. The highest BCUT2D eigenvalue weighted by Gasteiger charge is 2.25. The minimum atomic E-state index is -3.88. The Morgan fingerprint density at radius 1 is 0.968 bits per heavy atom. The lowest BCUT2D eigenvalue weighted by Gasteiger charge is -2.24. The molecule has 0 saturated heterocycles. The zero-order chi connectivity index (χ0) is 22.4. The van der Waals surface area contributed by atoms with Crippen LogP contribution in [0.15, 0.2) is 83.8 Å². The Hall–Kier alpha value is -3.72. The van der Waals surface area contributed by atoms with E-state index in [1.165, 1.54) is 40.7 Å². The van der Waals surface area contributed by atoms with E-state index >= 15 is 0 Å². The molecule has 0 spiro atoms. The van der Waals surface area contributed by atoms with Gasteiger partial charge >= 0.3 is 5.97 Å². The molecule has 31 heavy (non-hydrogen) atoms. The summed E-state index contributed by atoms with van der Waals surface area (Å²) in [6.07, 6.45) is 0. The summed E-state index contributed by atoms with van der Waals surface area (Å²) in [5.74, 6) is -0.698. The summed E-state index contributed by atoms with van der Waals surface area (Å²) in [7, 11) is -3.88. The number of nitrogens with zero attached hydrogens (tertiary/aromatic N) is 2. The fraction of sp³-hybridized carbons (Fsp3) is 0.136. The van der Waals surface area contributed by atoms with Crippen molar-refractivity contribution in [2.75, 3.05) is 17.5 Å². The van der Waals surface area contributed by atoms with E-state index in [9.17, 15) is 23.3 Å². The van der Waals surface area contributed by atoms with E-state index in [0.717, 1.165) is 5.56 Å². The molecule has 0 unspecified atom stereocenters. The van der Waals surface area contributed by atoms with Gasteiger partial charge in [0.2, 0.25) is 0 Å². The molecule has 0 radical (unpaired) electrons. The molecule has 3 aromatic carbocycles. The Bertz CT molecular complexity index is 1160. The minimum Gasteiger partial charge on any atom is -0.460 e. The van der Waals surface area contributed by atoms with Gasteiger partial charge in [0.05, 0.1) is 27.6 Å². The lowest BCUT2D eigenvalue weighted by Crippen LogP contribution is -2.34. The highest BCUT2D eigenvalue weighted by atomic mass is 32.2. The number of rotatable bonds is 8. The lowest BCUT2D eigenvalue weighted by molar-refractivity contribution is -0.384. The Morgan fingerprint density at radius 2 is 1.58 bits per heavy atom. The molecule has 0 aromatic heterocycles. The first-order valence-electron chi connectivity index (χ1n) is 9.35. The number of hydrogen-bond donors (Lipinski definition) is 0. The molecule has 0 heterocycles. The number of non-ortho nitro benzene ring substituents is 1. The van der Waals surface area contributed by atoms with Gasteiger partial charge in [0.15, 0.2) is 0 Å².